The molecule has 1 amide bonds. The van der Waals surface area contributed by atoms with Crippen molar-refractivity contribution < 1.29 is 13.2 Å². The second-order valence-electron chi connectivity index (χ2n) is 6.80. The molecule has 6 heteroatoms. The van der Waals surface area contributed by atoms with Gasteiger partial charge < -0.3 is 11.1 Å². The predicted octanol–water partition coefficient (Wildman–Crippen LogP) is 1.86. The number of rotatable bonds is 9. The van der Waals surface area contributed by atoms with Crippen LogP contribution >= 0.6 is 0 Å². The van der Waals surface area contributed by atoms with E-state index < -0.39 is 15.9 Å². The summed E-state index contributed by atoms with van der Waals surface area (Å²) < 4.78 is 22.2. The van der Waals surface area contributed by atoms with Gasteiger partial charge in [0.15, 0.2) is 0 Å². The Morgan fingerprint density at radius 3 is 2.36 bits per heavy atom. The van der Waals surface area contributed by atoms with Crippen LogP contribution in [-0.4, -0.2) is 38.9 Å². The van der Waals surface area contributed by atoms with Crippen LogP contribution in [0.2, 0.25) is 0 Å². The van der Waals surface area contributed by atoms with Crippen molar-refractivity contribution in [2.24, 2.45) is 17.6 Å². The van der Waals surface area contributed by atoms with Crippen LogP contribution in [0.1, 0.15) is 58.3 Å². The van der Waals surface area contributed by atoms with E-state index >= 15 is 0 Å². The summed E-state index contributed by atoms with van der Waals surface area (Å²) in [6.45, 7) is 2.90. The fourth-order valence-corrected chi connectivity index (χ4v) is 3.75. The molecule has 5 nitrogen and oxygen atoms in total. The molecule has 1 fully saturated rings. The highest BCUT2D eigenvalue weighted by Gasteiger charge is 2.22. The van der Waals surface area contributed by atoms with Crippen molar-refractivity contribution >= 4 is 15.7 Å². The molecule has 0 spiro atoms. The lowest BCUT2D eigenvalue weighted by Gasteiger charge is -2.28. The van der Waals surface area contributed by atoms with E-state index in [1.165, 1.54) is 44.9 Å². The second-order valence-corrected chi connectivity index (χ2v) is 9.06. The molecule has 0 aromatic heterocycles. The Labute approximate surface area is 135 Å². The predicted molar refractivity (Wildman–Crippen MR) is 90.3 cm³/mol. The highest BCUT2D eigenvalue weighted by molar-refractivity contribution is 7.90. The molecule has 1 atom stereocenters. The Morgan fingerprint density at radius 1 is 1.23 bits per heavy atom. The third-order valence-electron chi connectivity index (χ3n) is 4.63. The van der Waals surface area contributed by atoms with Gasteiger partial charge in [-0.3, -0.25) is 4.79 Å². The fraction of sp³-hybridized carbons (Fsp3) is 0.938. The van der Waals surface area contributed by atoms with Crippen molar-refractivity contribution in [2.45, 2.75) is 64.3 Å². The van der Waals surface area contributed by atoms with Gasteiger partial charge in [-0.1, -0.05) is 39.0 Å². The molecule has 0 radical (unpaired) electrons. The van der Waals surface area contributed by atoms with E-state index in [1.54, 1.807) is 0 Å². The molecule has 0 heterocycles. The minimum absolute atomic E-state index is 0.0376. The quantitative estimate of drug-likeness (QED) is 0.674. The molecule has 0 aliphatic heterocycles. The molecule has 1 aliphatic carbocycles. The largest absolute Gasteiger partial charge is 0.354 e. The van der Waals surface area contributed by atoms with E-state index in [4.69, 9.17) is 5.73 Å². The average molecular weight is 333 g/mol. The van der Waals surface area contributed by atoms with Crippen LogP contribution in [0.4, 0.5) is 0 Å². The molecule has 1 unspecified atom stereocenters. The van der Waals surface area contributed by atoms with E-state index in [9.17, 15) is 13.2 Å². The average Bonchev–Trinajstić information content (AvgIpc) is 2.48. The first-order valence-corrected chi connectivity index (χ1v) is 10.6. The molecule has 1 saturated carbocycles. The first-order valence-electron chi connectivity index (χ1n) is 8.52. The minimum atomic E-state index is -3.06. The third-order valence-corrected chi connectivity index (χ3v) is 5.61. The van der Waals surface area contributed by atoms with E-state index in [-0.39, 0.29) is 18.1 Å². The minimum Gasteiger partial charge on any atom is -0.354 e. The van der Waals surface area contributed by atoms with Gasteiger partial charge in [-0.15, -0.1) is 0 Å². The van der Waals surface area contributed by atoms with Crippen LogP contribution in [0.5, 0.6) is 0 Å². The van der Waals surface area contributed by atoms with Gasteiger partial charge in [-0.2, -0.15) is 0 Å². The maximum absolute atomic E-state index is 11.9. The number of hydrogen-bond donors (Lipinski definition) is 2. The maximum atomic E-state index is 11.9. The summed E-state index contributed by atoms with van der Waals surface area (Å²) >= 11 is 0. The lowest BCUT2D eigenvalue weighted by atomic mass is 9.80. The molecule has 0 bridgehead atoms. The lowest BCUT2D eigenvalue weighted by molar-refractivity contribution is -0.122. The summed E-state index contributed by atoms with van der Waals surface area (Å²) in [5, 5.41) is 2.89. The summed E-state index contributed by atoms with van der Waals surface area (Å²) in [5.41, 5.74) is 5.74. The molecule has 1 rings (SSSR count). The number of carbonyl (C=O) groups excluding carboxylic acids is 1. The Balaban J connectivity index is 2.19. The Bertz CT molecular complexity index is 429. The fourth-order valence-electron chi connectivity index (χ4n) is 3.07. The highest BCUT2D eigenvalue weighted by atomic mass is 32.2. The van der Waals surface area contributed by atoms with E-state index in [1.807, 2.05) is 0 Å². The number of sulfone groups is 1. The SMILES string of the molecule is CCCCC1CCC(CNC(=O)C(N)CCS(C)(=O)=O)CC1. The van der Waals surface area contributed by atoms with Gasteiger partial charge >= 0.3 is 0 Å². The molecule has 0 saturated heterocycles. The molecule has 1 aliphatic rings. The standard InChI is InChI=1S/C16H32N2O3S/c1-3-4-5-13-6-8-14(9-7-13)12-18-16(19)15(17)10-11-22(2,20)21/h13-15H,3-12,17H2,1-2H3,(H,18,19). The molecule has 3 N–H and O–H groups in total. The van der Waals surface area contributed by atoms with Crippen molar-refractivity contribution in [3.05, 3.63) is 0 Å². The monoisotopic (exact) mass is 332 g/mol. The zero-order valence-corrected chi connectivity index (χ0v) is 14.8. The van der Waals surface area contributed by atoms with Crippen LogP contribution in [-0.2, 0) is 14.6 Å². The molecule has 0 aromatic rings. The first-order chi connectivity index (χ1) is 10.3. The van der Waals surface area contributed by atoms with Gasteiger partial charge in [0.1, 0.15) is 9.84 Å². The van der Waals surface area contributed by atoms with Gasteiger partial charge in [0.05, 0.1) is 11.8 Å². The molecule has 0 aromatic carbocycles. The van der Waals surface area contributed by atoms with Crippen molar-refractivity contribution in [3.63, 3.8) is 0 Å². The Kier molecular flexibility index (Phi) is 8.39. The van der Waals surface area contributed by atoms with Crippen molar-refractivity contribution in [3.8, 4) is 0 Å². The summed E-state index contributed by atoms with van der Waals surface area (Å²) in [6.07, 6.45) is 10.2. The molecular formula is C16H32N2O3S. The van der Waals surface area contributed by atoms with Crippen LogP contribution in [0.15, 0.2) is 0 Å². The summed E-state index contributed by atoms with van der Waals surface area (Å²) in [5.74, 6) is 1.15. The van der Waals surface area contributed by atoms with Crippen molar-refractivity contribution in [1.29, 1.82) is 0 Å². The van der Waals surface area contributed by atoms with E-state index in [0.29, 0.717) is 12.5 Å². The number of amides is 1. The van der Waals surface area contributed by atoms with Crippen molar-refractivity contribution in [2.75, 3.05) is 18.6 Å². The zero-order chi connectivity index (χ0) is 16.6. The van der Waals surface area contributed by atoms with Crippen LogP contribution in [0, 0.1) is 11.8 Å². The van der Waals surface area contributed by atoms with Crippen molar-refractivity contribution in [1.82, 2.24) is 5.32 Å². The highest BCUT2D eigenvalue weighted by Crippen LogP contribution is 2.31. The van der Waals surface area contributed by atoms with Gasteiger partial charge in [0, 0.05) is 12.8 Å². The zero-order valence-electron chi connectivity index (χ0n) is 14.0. The third kappa shape index (κ3) is 8.13. The Hall–Kier alpha value is -0.620. The molecular weight excluding hydrogens is 300 g/mol. The summed E-state index contributed by atoms with van der Waals surface area (Å²) in [7, 11) is -3.06. The number of carbonyl (C=O) groups is 1. The topological polar surface area (TPSA) is 89.3 Å². The number of hydrogen-bond acceptors (Lipinski definition) is 4. The van der Waals surface area contributed by atoms with Crippen LogP contribution < -0.4 is 11.1 Å². The van der Waals surface area contributed by atoms with Gasteiger partial charge in [-0.05, 0) is 31.1 Å². The first kappa shape index (κ1) is 19.4. The van der Waals surface area contributed by atoms with Crippen LogP contribution in [0.3, 0.4) is 0 Å². The van der Waals surface area contributed by atoms with E-state index in [0.717, 1.165) is 12.2 Å². The molecule has 130 valence electrons. The van der Waals surface area contributed by atoms with Gasteiger partial charge in [0.2, 0.25) is 5.91 Å². The lowest BCUT2D eigenvalue weighted by Crippen LogP contribution is -2.43. The van der Waals surface area contributed by atoms with Gasteiger partial charge in [-0.25, -0.2) is 8.42 Å². The smallest absolute Gasteiger partial charge is 0.236 e. The van der Waals surface area contributed by atoms with Crippen LogP contribution in [0.25, 0.3) is 0 Å². The number of nitrogens with one attached hydrogen (secondary N) is 1. The van der Waals surface area contributed by atoms with E-state index in [2.05, 4.69) is 12.2 Å². The second kappa shape index (κ2) is 9.50. The number of nitrogens with two attached hydrogens (primary N) is 1. The maximum Gasteiger partial charge on any atom is 0.236 e. The normalized spacial score (nSPS) is 24.0. The molecule has 22 heavy (non-hydrogen) atoms. The summed E-state index contributed by atoms with van der Waals surface area (Å²) in [4.78, 5) is 11.9. The number of unbranched alkanes of at least 4 members (excludes halogenated alkanes) is 1. The summed E-state index contributed by atoms with van der Waals surface area (Å²) in [6, 6.07) is -0.726. The Morgan fingerprint density at radius 2 is 1.82 bits per heavy atom. The van der Waals surface area contributed by atoms with Gasteiger partial charge in [0.25, 0.3) is 0 Å².